The Morgan fingerprint density at radius 1 is 1.18 bits per heavy atom. The summed E-state index contributed by atoms with van der Waals surface area (Å²) in [5.41, 5.74) is 0.726. The highest BCUT2D eigenvalue weighted by Crippen LogP contribution is 2.36. The summed E-state index contributed by atoms with van der Waals surface area (Å²) < 4.78 is 46.9. The van der Waals surface area contributed by atoms with Crippen molar-refractivity contribution in [2.45, 2.75) is 36.7 Å². The zero-order chi connectivity index (χ0) is 27.2. The molecule has 0 radical (unpaired) electrons. The summed E-state index contributed by atoms with van der Waals surface area (Å²) in [6.07, 6.45) is 1.63. The lowest BCUT2D eigenvalue weighted by Gasteiger charge is -2.38. The average molecular weight is 549 g/mol. The molecule has 2 N–H and O–H groups in total. The molecule has 0 aliphatic carbocycles. The largest absolute Gasteiger partial charge is 0.497 e. The van der Waals surface area contributed by atoms with Gasteiger partial charge in [0.15, 0.2) is 0 Å². The van der Waals surface area contributed by atoms with Crippen molar-refractivity contribution >= 4 is 28.6 Å². The van der Waals surface area contributed by atoms with Gasteiger partial charge in [0.2, 0.25) is 0 Å². The lowest BCUT2D eigenvalue weighted by atomic mass is 9.79. The van der Waals surface area contributed by atoms with E-state index in [1.165, 1.54) is 31.0 Å². The summed E-state index contributed by atoms with van der Waals surface area (Å²) >= 11 is 1.35. The molecule has 6 nitrogen and oxygen atoms in total. The first-order chi connectivity index (χ1) is 18.2. The molecule has 1 aliphatic rings. The number of rotatable bonds is 11. The predicted octanol–water partition coefficient (Wildman–Crippen LogP) is 5.68. The van der Waals surface area contributed by atoms with E-state index in [4.69, 9.17) is 4.74 Å². The van der Waals surface area contributed by atoms with Crippen LogP contribution in [0.5, 0.6) is 5.75 Å². The fraction of sp³-hybridized carbons (Fsp3) is 0.429. The predicted molar refractivity (Wildman–Crippen MR) is 140 cm³/mol. The van der Waals surface area contributed by atoms with Gasteiger partial charge >= 0.3 is 5.97 Å². The van der Waals surface area contributed by atoms with Gasteiger partial charge in [-0.25, -0.2) is 13.2 Å². The Balaban J connectivity index is 1.37. The number of nitrogens with zero attached hydrogens (tertiary/aromatic N) is 2. The van der Waals surface area contributed by atoms with Gasteiger partial charge in [0.05, 0.1) is 24.9 Å². The first-order valence-electron chi connectivity index (χ1n) is 12.6. The maximum atomic E-state index is 14.8. The molecule has 4 rings (SSSR count). The number of carbonyl (C=O) groups is 1. The number of thioether (sulfide) groups is 1. The highest BCUT2D eigenvalue weighted by Gasteiger charge is 2.31. The van der Waals surface area contributed by atoms with E-state index in [0.717, 1.165) is 25.2 Å². The van der Waals surface area contributed by atoms with Crippen LogP contribution in [-0.4, -0.2) is 58.6 Å². The van der Waals surface area contributed by atoms with Gasteiger partial charge in [-0.1, -0.05) is 0 Å². The molecule has 204 valence electrons. The minimum Gasteiger partial charge on any atom is -0.497 e. The molecular weight excluding hydrogens is 517 g/mol. The number of likely N-dealkylation sites (tertiary alicyclic amines) is 1. The van der Waals surface area contributed by atoms with Crippen molar-refractivity contribution in [3.8, 4) is 5.75 Å². The number of methoxy groups -OCH3 is 1. The van der Waals surface area contributed by atoms with Crippen LogP contribution in [0.2, 0.25) is 0 Å². The highest BCUT2D eigenvalue weighted by molar-refractivity contribution is 7.99. The number of carboxylic acid groups (broad SMARTS) is 1. The number of aromatic nitrogens is 1. The number of hydrogen-bond donors (Lipinski definition) is 2. The molecule has 1 fully saturated rings. The van der Waals surface area contributed by atoms with E-state index < -0.39 is 29.5 Å². The topological polar surface area (TPSA) is 82.9 Å². The first kappa shape index (κ1) is 28.2. The standard InChI is InChI=1S/C28H31F3N2O4S/c1-37-21-3-4-25-23(14-21)28(24(31)15-32-25)26(34)5-2-17-6-7-33(16-18(17)10-27(35)36)8-9-38-22-12-19(29)11-20(30)13-22/h3-4,11-15,17-18,26,34H,2,5-10,16H2,1H3,(H,35,36)/t17?,18?,26-/m1/s1. The summed E-state index contributed by atoms with van der Waals surface area (Å²) in [4.78, 5) is 18.4. The number of aliphatic hydroxyl groups is 1. The second kappa shape index (κ2) is 12.8. The normalized spacial score (nSPS) is 19.0. The molecule has 1 aromatic heterocycles. The van der Waals surface area contributed by atoms with Gasteiger partial charge in [-0.15, -0.1) is 11.8 Å². The van der Waals surface area contributed by atoms with Gasteiger partial charge < -0.3 is 19.8 Å². The van der Waals surface area contributed by atoms with Gasteiger partial charge in [0.25, 0.3) is 0 Å². The Morgan fingerprint density at radius 3 is 2.66 bits per heavy atom. The third-order valence-corrected chi connectivity index (χ3v) is 8.09. The van der Waals surface area contributed by atoms with Crippen LogP contribution < -0.4 is 4.74 Å². The maximum Gasteiger partial charge on any atom is 0.303 e. The number of fused-ring (bicyclic) bond motifs is 1. The van der Waals surface area contributed by atoms with Gasteiger partial charge in [0, 0.05) is 47.2 Å². The molecule has 3 aromatic rings. The fourth-order valence-electron chi connectivity index (χ4n) is 5.25. The molecule has 1 saturated heterocycles. The van der Waals surface area contributed by atoms with Crippen LogP contribution in [0, 0.1) is 29.3 Å². The minimum absolute atomic E-state index is 0.00323. The van der Waals surface area contributed by atoms with E-state index >= 15 is 0 Å². The molecule has 0 saturated carbocycles. The van der Waals surface area contributed by atoms with Gasteiger partial charge in [0.1, 0.15) is 23.2 Å². The molecule has 0 spiro atoms. The lowest BCUT2D eigenvalue weighted by molar-refractivity contribution is -0.139. The van der Waals surface area contributed by atoms with E-state index in [-0.39, 0.29) is 30.2 Å². The number of aliphatic hydroxyl groups excluding tert-OH is 1. The third-order valence-electron chi connectivity index (χ3n) is 7.14. The molecule has 0 bridgehead atoms. The number of piperidine rings is 1. The SMILES string of the molecule is COc1ccc2ncc(F)c([C@H](O)CCC3CCN(CCSc4cc(F)cc(F)c4)CC3CC(=O)O)c2c1. The van der Waals surface area contributed by atoms with Crippen LogP contribution in [0.25, 0.3) is 10.9 Å². The van der Waals surface area contributed by atoms with Crippen molar-refractivity contribution in [1.29, 1.82) is 0 Å². The molecule has 2 aromatic carbocycles. The van der Waals surface area contributed by atoms with E-state index in [1.54, 1.807) is 18.2 Å². The van der Waals surface area contributed by atoms with Crippen LogP contribution in [0.4, 0.5) is 13.2 Å². The molecule has 1 aliphatic heterocycles. The smallest absolute Gasteiger partial charge is 0.303 e. The summed E-state index contributed by atoms with van der Waals surface area (Å²) in [6, 6.07) is 8.53. The number of aliphatic carboxylic acids is 1. The summed E-state index contributed by atoms with van der Waals surface area (Å²) in [5.74, 6) is -1.61. The Kier molecular flexibility index (Phi) is 9.51. The fourth-order valence-corrected chi connectivity index (χ4v) is 6.23. The number of benzene rings is 2. The van der Waals surface area contributed by atoms with Crippen LogP contribution in [0.3, 0.4) is 0 Å². The Bertz CT molecular complexity index is 1260. The van der Waals surface area contributed by atoms with E-state index in [9.17, 15) is 28.2 Å². The van der Waals surface area contributed by atoms with Crippen molar-refractivity contribution < 1.29 is 32.9 Å². The molecular formula is C28H31F3N2O4S. The van der Waals surface area contributed by atoms with Crippen molar-refractivity contribution in [3.05, 3.63) is 65.6 Å². The van der Waals surface area contributed by atoms with Gasteiger partial charge in [-0.2, -0.15) is 0 Å². The van der Waals surface area contributed by atoms with Crippen LogP contribution >= 0.6 is 11.8 Å². The number of halogens is 3. The van der Waals surface area contributed by atoms with Crippen LogP contribution in [-0.2, 0) is 4.79 Å². The highest BCUT2D eigenvalue weighted by atomic mass is 32.2. The molecule has 2 heterocycles. The Hall–Kier alpha value is -2.82. The first-order valence-corrected chi connectivity index (χ1v) is 13.5. The number of pyridine rings is 1. The molecule has 38 heavy (non-hydrogen) atoms. The molecule has 0 amide bonds. The second-order valence-electron chi connectivity index (χ2n) is 9.66. The second-order valence-corrected chi connectivity index (χ2v) is 10.8. The zero-order valence-electron chi connectivity index (χ0n) is 21.1. The number of ether oxygens (including phenoxy) is 1. The van der Waals surface area contributed by atoms with Crippen molar-refractivity contribution in [3.63, 3.8) is 0 Å². The quantitative estimate of drug-likeness (QED) is 0.299. The molecule has 10 heteroatoms. The molecule has 3 atom stereocenters. The summed E-state index contributed by atoms with van der Waals surface area (Å²) in [6.45, 7) is 1.98. The Morgan fingerprint density at radius 2 is 1.95 bits per heavy atom. The van der Waals surface area contributed by atoms with E-state index in [1.807, 2.05) is 0 Å². The summed E-state index contributed by atoms with van der Waals surface area (Å²) in [5, 5.41) is 21.0. The Labute approximate surface area is 223 Å². The van der Waals surface area contributed by atoms with Crippen molar-refractivity contribution in [2.75, 3.05) is 32.5 Å². The van der Waals surface area contributed by atoms with Crippen molar-refractivity contribution in [2.24, 2.45) is 11.8 Å². The minimum atomic E-state index is -1.07. The van der Waals surface area contributed by atoms with Crippen LogP contribution in [0.15, 0.2) is 47.5 Å². The van der Waals surface area contributed by atoms with Gasteiger partial charge in [-0.05, 0) is 68.0 Å². The lowest BCUT2D eigenvalue weighted by Crippen LogP contribution is -2.42. The summed E-state index contributed by atoms with van der Waals surface area (Å²) in [7, 11) is 1.51. The monoisotopic (exact) mass is 548 g/mol. The third kappa shape index (κ3) is 7.18. The zero-order valence-corrected chi connectivity index (χ0v) is 21.9. The maximum absolute atomic E-state index is 14.8. The average Bonchev–Trinajstić information content (AvgIpc) is 2.86. The van der Waals surface area contributed by atoms with E-state index in [0.29, 0.717) is 46.8 Å². The van der Waals surface area contributed by atoms with Gasteiger partial charge in [-0.3, -0.25) is 9.78 Å². The van der Waals surface area contributed by atoms with Crippen LogP contribution in [0.1, 0.15) is 37.4 Å². The molecule has 2 unspecified atom stereocenters. The number of carboxylic acids is 1. The van der Waals surface area contributed by atoms with Crippen molar-refractivity contribution in [1.82, 2.24) is 9.88 Å². The number of hydrogen-bond acceptors (Lipinski definition) is 6. The van der Waals surface area contributed by atoms with E-state index in [2.05, 4.69) is 9.88 Å².